The Morgan fingerprint density at radius 2 is 2.00 bits per heavy atom. The third-order valence-corrected chi connectivity index (χ3v) is 3.96. The number of hydrogen-bond acceptors (Lipinski definition) is 1. The van der Waals surface area contributed by atoms with Gasteiger partial charge in [0.25, 0.3) is 0 Å². The fraction of sp³-hybridized carbons (Fsp3) is 0.500. The summed E-state index contributed by atoms with van der Waals surface area (Å²) in [6, 6.07) is 5.95. The molecule has 0 aliphatic carbocycles. The molecule has 82 valence electrons. The maximum absolute atomic E-state index is 6.03. The Hall–Kier alpha value is -0.240. The standard InChI is InChI=1S/C12H15Cl2N/c1-12(2)7-15-6-9(12)8-3-4-10(13)11(14)5-8/h3-5,9,15H,6-7H2,1-2H3. The predicted molar refractivity (Wildman–Crippen MR) is 65.9 cm³/mol. The highest BCUT2D eigenvalue weighted by Gasteiger charge is 2.35. The molecule has 1 N–H and O–H groups in total. The van der Waals surface area contributed by atoms with Gasteiger partial charge in [0.2, 0.25) is 0 Å². The summed E-state index contributed by atoms with van der Waals surface area (Å²) in [5.41, 5.74) is 1.57. The van der Waals surface area contributed by atoms with E-state index in [1.165, 1.54) is 5.56 Å². The zero-order valence-corrected chi connectivity index (χ0v) is 10.5. The van der Waals surface area contributed by atoms with Gasteiger partial charge in [0, 0.05) is 19.0 Å². The van der Waals surface area contributed by atoms with Crippen LogP contribution in [0.15, 0.2) is 18.2 Å². The molecule has 1 aromatic carbocycles. The molecule has 1 unspecified atom stereocenters. The third kappa shape index (κ3) is 2.15. The lowest BCUT2D eigenvalue weighted by Crippen LogP contribution is -2.20. The van der Waals surface area contributed by atoms with E-state index >= 15 is 0 Å². The van der Waals surface area contributed by atoms with Crippen LogP contribution < -0.4 is 5.32 Å². The van der Waals surface area contributed by atoms with Gasteiger partial charge in [-0.3, -0.25) is 0 Å². The summed E-state index contributed by atoms with van der Waals surface area (Å²) >= 11 is 11.9. The van der Waals surface area contributed by atoms with Crippen molar-refractivity contribution in [3.05, 3.63) is 33.8 Å². The smallest absolute Gasteiger partial charge is 0.0595 e. The van der Waals surface area contributed by atoms with Gasteiger partial charge in [0.1, 0.15) is 0 Å². The maximum atomic E-state index is 6.03. The van der Waals surface area contributed by atoms with E-state index in [-0.39, 0.29) is 5.41 Å². The van der Waals surface area contributed by atoms with E-state index in [0.717, 1.165) is 13.1 Å². The highest BCUT2D eigenvalue weighted by Crippen LogP contribution is 2.39. The van der Waals surface area contributed by atoms with Gasteiger partial charge in [-0.2, -0.15) is 0 Å². The summed E-state index contributed by atoms with van der Waals surface area (Å²) in [4.78, 5) is 0. The van der Waals surface area contributed by atoms with E-state index in [9.17, 15) is 0 Å². The largest absolute Gasteiger partial charge is 0.316 e. The van der Waals surface area contributed by atoms with Crippen molar-refractivity contribution < 1.29 is 0 Å². The van der Waals surface area contributed by atoms with Crippen molar-refractivity contribution in [3.63, 3.8) is 0 Å². The van der Waals surface area contributed by atoms with Crippen LogP contribution in [0.5, 0.6) is 0 Å². The Balaban J connectivity index is 2.33. The summed E-state index contributed by atoms with van der Waals surface area (Å²) in [5.74, 6) is 0.521. The first-order valence-electron chi connectivity index (χ1n) is 5.16. The molecular weight excluding hydrogens is 229 g/mol. The van der Waals surface area contributed by atoms with Crippen LogP contribution in [-0.4, -0.2) is 13.1 Å². The molecule has 0 aromatic heterocycles. The quantitative estimate of drug-likeness (QED) is 0.794. The molecule has 0 spiro atoms. The van der Waals surface area contributed by atoms with Crippen LogP contribution in [0, 0.1) is 5.41 Å². The Labute approximate surface area is 101 Å². The Bertz CT molecular complexity index is 374. The van der Waals surface area contributed by atoms with Crippen LogP contribution in [0.4, 0.5) is 0 Å². The summed E-state index contributed by atoms with van der Waals surface area (Å²) < 4.78 is 0. The molecule has 1 saturated heterocycles. The fourth-order valence-electron chi connectivity index (χ4n) is 2.24. The molecule has 1 heterocycles. The molecule has 0 saturated carbocycles. The Morgan fingerprint density at radius 1 is 1.27 bits per heavy atom. The highest BCUT2D eigenvalue weighted by atomic mass is 35.5. The van der Waals surface area contributed by atoms with Crippen molar-refractivity contribution in [1.29, 1.82) is 0 Å². The first-order valence-corrected chi connectivity index (χ1v) is 5.92. The lowest BCUT2D eigenvalue weighted by atomic mass is 9.78. The van der Waals surface area contributed by atoms with Crippen molar-refractivity contribution in [2.24, 2.45) is 5.41 Å². The second-order valence-electron chi connectivity index (χ2n) is 4.85. The van der Waals surface area contributed by atoms with E-state index in [0.29, 0.717) is 16.0 Å². The average molecular weight is 244 g/mol. The minimum Gasteiger partial charge on any atom is -0.316 e. The Kier molecular flexibility index (Phi) is 2.98. The van der Waals surface area contributed by atoms with E-state index in [4.69, 9.17) is 23.2 Å². The molecule has 0 radical (unpaired) electrons. The SMILES string of the molecule is CC1(C)CNCC1c1ccc(Cl)c(Cl)c1. The second-order valence-corrected chi connectivity index (χ2v) is 5.66. The molecule has 1 aliphatic rings. The van der Waals surface area contributed by atoms with E-state index in [2.05, 4.69) is 25.2 Å². The van der Waals surface area contributed by atoms with Crippen molar-refractivity contribution in [2.75, 3.05) is 13.1 Å². The highest BCUT2D eigenvalue weighted by molar-refractivity contribution is 6.42. The minimum atomic E-state index is 0.289. The summed E-state index contributed by atoms with van der Waals surface area (Å²) in [6.07, 6.45) is 0. The minimum absolute atomic E-state index is 0.289. The third-order valence-electron chi connectivity index (χ3n) is 3.22. The van der Waals surface area contributed by atoms with Crippen LogP contribution in [0.3, 0.4) is 0 Å². The van der Waals surface area contributed by atoms with E-state index in [1.54, 1.807) is 0 Å². The van der Waals surface area contributed by atoms with Crippen molar-refractivity contribution >= 4 is 23.2 Å². The molecule has 1 aliphatic heterocycles. The Morgan fingerprint density at radius 3 is 2.53 bits per heavy atom. The van der Waals surface area contributed by atoms with Crippen LogP contribution in [-0.2, 0) is 0 Å². The topological polar surface area (TPSA) is 12.0 Å². The van der Waals surface area contributed by atoms with Crippen molar-refractivity contribution in [3.8, 4) is 0 Å². The number of rotatable bonds is 1. The molecular formula is C12H15Cl2N. The van der Waals surface area contributed by atoms with E-state index in [1.807, 2.05) is 12.1 Å². The van der Waals surface area contributed by atoms with Gasteiger partial charge in [0.05, 0.1) is 10.0 Å². The van der Waals surface area contributed by atoms with Crippen molar-refractivity contribution in [1.82, 2.24) is 5.32 Å². The summed E-state index contributed by atoms with van der Waals surface area (Å²) in [6.45, 7) is 6.63. The number of hydrogen-bond donors (Lipinski definition) is 1. The normalized spacial score (nSPS) is 24.4. The van der Waals surface area contributed by atoms with Gasteiger partial charge >= 0.3 is 0 Å². The second kappa shape index (κ2) is 3.97. The zero-order valence-electron chi connectivity index (χ0n) is 8.98. The van der Waals surface area contributed by atoms with Gasteiger partial charge in [-0.05, 0) is 23.1 Å². The summed E-state index contributed by atoms with van der Waals surface area (Å²) in [7, 11) is 0. The molecule has 0 amide bonds. The molecule has 1 atom stereocenters. The first-order chi connectivity index (χ1) is 7.00. The van der Waals surface area contributed by atoms with Crippen LogP contribution >= 0.6 is 23.2 Å². The number of benzene rings is 1. The molecule has 1 fully saturated rings. The van der Waals surface area contributed by atoms with Crippen LogP contribution in [0.25, 0.3) is 0 Å². The molecule has 15 heavy (non-hydrogen) atoms. The predicted octanol–water partition coefficient (Wildman–Crippen LogP) is 3.71. The maximum Gasteiger partial charge on any atom is 0.0595 e. The molecule has 2 rings (SSSR count). The molecule has 1 nitrogen and oxygen atoms in total. The lowest BCUT2D eigenvalue weighted by Gasteiger charge is -2.26. The zero-order chi connectivity index (χ0) is 11.1. The number of halogens is 2. The molecule has 1 aromatic rings. The average Bonchev–Trinajstić information content (AvgIpc) is 2.50. The van der Waals surface area contributed by atoms with Crippen molar-refractivity contribution in [2.45, 2.75) is 19.8 Å². The van der Waals surface area contributed by atoms with Gasteiger partial charge in [-0.15, -0.1) is 0 Å². The molecule has 3 heteroatoms. The number of nitrogens with one attached hydrogen (secondary N) is 1. The monoisotopic (exact) mass is 243 g/mol. The van der Waals surface area contributed by atoms with Crippen LogP contribution in [0.2, 0.25) is 10.0 Å². The van der Waals surface area contributed by atoms with Gasteiger partial charge < -0.3 is 5.32 Å². The van der Waals surface area contributed by atoms with Gasteiger partial charge in [-0.1, -0.05) is 43.1 Å². The summed E-state index contributed by atoms with van der Waals surface area (Å²) in [5, 5.41) is 4.70. The first kappa shape index (κ1) is 11.3. The van der Waals surface area contributed by atoms with Crippen LogP contribution in [0.1, 0.15) is 25.3 Å². The van der Waals surface area contributed by atoms with Gasteiger partial charge in [0.15, 0.2) is 0 Å². The van der Waals surface area contributed by atoms with Gasteiger partial charge in [-0.25, -0.2) is 0 Å². The van der Waals surface area contributed by atoms with E-state index < -0.39 is 0 Å². The molecule has 0 bridgehead atoms. The fourth-order valence-corrected chi connectivity index (χ4v) is 2.54. The lowest BCUT2D eigenvalue weighted by molar-refractivity contribution is 0.363.